The van der Waals surface area contributed by atoms with Gasteiger partial charge < -0.3 is 29.7 Å². The van der Waals surface area contributed by atoms with Crippen molar-refractivity contribution in [2.24, 2.45) is 0 Å². The number of aliphatic hydroxyl groups excluding tert-OH is 2. The molecule has 192 valence electrons. The maximum atomic E-state index is 11.0. The van der Waals surface area contributed by atoms with Gasteiger partial charge in [0, 0.05) is 6.42 Å². The van der Waals surface area contributed by atoms with Crippen LogP contribution in [-0.4, -0.2) is 53.3 Å². The van der Waals surface area contributed by atoms with Crippen LogP contribution < -0.4 is 5.32 Å². The summed E-state index contributed by atoms with van der Waals surface area (Å²) in [5.41, 5.74) is 3.21. The zero-order chi connectivity index (χ0) is 25.2. The lowest BCUT2D eigenvalue weighted by Gasteiger charge is -2.29. The maximum absolute atomic E-state index is 11.0. The summed E-state index contributed by atoms with van der Waals surface area (Å²) in [6.07, 6.45) is -1.96. The third kappa shape index (κ3) is 7.71. The molecule has 3 N–H and O–H groups in total. The molecule has 0 saturated carbocycles. The predicted octanol–water partition coefficient (Wildman–Crippen LogP) is 3.85. The van der Waals surface area contributed by atoms with Gasteiger partial charge in [0.05, 0.1) is 50.7 Å². The van der Waals surface area contributed by atoms with Crippen LogP contribution >= 0.6 is 0 Å². The fourth-order valence-corrected chi connectivity index (χ4v) is 4.66. The van der Waals surface area contributed by atoms with Gasteiger partial charge in [-0.05, 0) is 23.6 Å². The Kier molecular flexibility index (Phi) is 10.0. The van der Waals surface area contributed by atoms with Crippen LogP contribution in [0.25, 0.3) is 0 Å². The van der Waals surface area contributed by atoms with Gasteiger partial charge in [-0.1, -0.05) is 91.0 Å². The molecule has 6 nitrogen and oxygen atoms in total. The number of hydrogen-bond acceptors (Lipinski definition) is 6. The number of rotatable bonds is 13. The molecule has 1 saturated heterocycles. The molecule has 1 aliphatic rings. The minimum atomic E-state index is -0.798. The van der Waals surface area contributed by atoms with E-state index in [0.29, 0.717) is 26.4 Å². The fraction of sp³-hybridized carbons (Fsp3) is 0.400. The van der Waals surface area contributed by atoms with Crippen LogP contribution in [0.1, 0.15) is 30.0 Å². The second-order valence-corrected chi connectivity index (χ2v) is 9.47. The molecule has 0 unspecified atom stereocenters. The normalized spacial score (nSPS) is 23.4. The molecule has 0 radical (unpaired) electrons. The van der Waals surface area contributed by atoms with Crippen molar-refractivity contribution in [2.45, 2.75) is 69.7 Å². The topological polar surface area (TPSA) is 80.2 Å². The molecule has 36 heavy (non-hydrogen) atoms. The van der Waals surface area contributed by atoms with Crippen LogP contribution in [-0.2, 0) is 34.0 Å². The number of ether oxygens (including phenoxy) is 3. The second kappa shape index (κ2) is 13.7. The second-order valence-electron chi connectivity index (χ2n) is 9.47. The molecule has 4 rings (SSSR count). The van der Waals surface area contributed by atoms with E-state index in [0.717, 1.165) is 16.7 Å². The molecule has 6 heteroatoms. The van der Waals surface area contributed by atoms with Gasteiger partial charge in [-0.3, -0.25) is 0 Å². The molecule has 1 aliphatic heterocycles. The molecule has 1 heterocycles. The monoisotopic (exact) mass is 491 g/mol. The first kappa shape index (κ1) is 26.5. The molecule has 0 aliphatic carbocycles. The number of aliphatic hydroxyl groups is 2. The standard InChI is InChI=1S/C30H37NO5/c1-22(32)17-27(33)28-30(36-20-25-15-9-4-10-16-25)29(35-19-24-13-7-3-8-14-24)26(31-28)21-34-18-23-11-5-2-6-12-23/h2-16,22,26-33H,17-21H2,1H3/t22-,26+,27+,28+,29+,30-/m0/s1. The highest BCUT2D eigenvalue weighted by atomic mass is 16.5. The molecule has 6 atom stereocenters. The first-order chi connectivity index (χ1) is 17.6. The Hall–Kier alpha value is -2.58. The third-order valence-corrected chi connectivity index (χ3v) is 6.46. The van der Waals surface area contributed by atoms with Gasteiger partial charge in [0.2, 0.25) is 0 Å². The largest absolute Gasteiger partial charge is 0.393 e. The summed E-state index contributed by atoms with van der Waals surface area (Å²) in [4.78, 5) is 0. The first-order valence-electron chi connectivity index (χ1n) is 12.6. The van der Waals surface area contributed by atoms with Gasteiger partial charge in [0.25, 0.3) is 0 Å². The van der Waals surface area contributed by atoms with E-state index in [9.17, 15) is 10.2 Å². The highest BCUT2D eigenvalue weighted by Crippen LogP contribution is 2.27. The van der Waals surface area contributed by atoms with Crippen LogP contribution in [0.3, 0.4) is 0 Å². The Morgan fingerprint density at radius 1 is 0.694 bits per heavy atom. The average Bonchev–Trinajstić information content (AvgIpc) is 3.25. The van der Waals surface area contributed by atoms with Gasteiger partial charge in [0.1, 0.15) is 12.2 Å². The van der Waals surface area contributed by atoms with Gasteiger partial charge in [0.15, 0.2) is 0 Å². The lowest BCUT2D eigenvalue weighted by Crippen LogP contribution is -2.46. The van der Waals surface area contributed by atoms with Crippen molar-refractivity contribution in [1.29, 1.82) is 0 Å². The summed E-state index contributed by atoms with van der Waals surface area (Å²) in [6, 6.07) is 29.4. The third-order valence-electron chi connectivity index (χ3n) is 6.46. The van der Waals surface area contributed by atoms with Crippen molar-refractivity contribution >= 4 is 0 Å². The Bertz CT molecular complexity index is 1000. The van der Waals surface area contributed by atoms with E-state index in [-0.39, 0.29) is 18.6 Å². The number of nitrogens with one attached hydrogen (secondary N) is 1. The van der Waals surface area contributed by atoms with Crippen LogP contribution in [0.5, 0.6) is 0 Å². The highest BCUT2D eigenvalue weighted by molar-refractivity contribution is 5.16. The summed E-state index contributed by atoms with van der Waals surface area (Å²) >= 11 is 0. The predicted molar refractivity (Wildman–Crippen MR) is 139 cm³/mol. The van der Waals surface area contributed by atoms with E-state index in [1.54, 1.807) is 6.92 Å². The molecule has 3 aromatic rings. The van der Waals surface area contributed by atoms with E-state index in [4.69, 9.17) is 14.2 Å². The fourth-order valence-electron chi connectivity index (χ4n) is 4.66. The van der Waals surface area contributed by atoms with E-state index in [1.807, 2.05) is 91.0 Å². The Morgan fingerprint density at radius 3 is 1.67 bits per heavy atom. The van der Waals surface area contributed by atoms with E-state index in [2.05, 4.69) is 5.32 Å². The van der Waals surface area contributed by atoms with E-state index < -0.39 is 24.4 Å². The lowest BCUT2D eigenvalue weighted by atomic mass is 9.99. The first-order valence-corrected chi connectivity index (χ1v) is 12.6. The maximum Gasteiger partial charge on any atom is 0.103 e. The minimum Gasteiger partial charge on any atom is -0.393 e. The van der Waals surface area contributed by atoms with Crippen molar-refractivity contribution in [3.8, 4) is 0 Å². The van der Waals surface area contributed by atoms with Crippen molar-refractivity contribution in [3.63, 3.8) is 0 Å². The zero-order valence-electron chi connectivity index (χ0n) is 20.8. The molecule has 0 bridgehead atoms. The average molecular weight is 492 g/mol. The molecule has 0 amide bonds. The van der Waals surface area contributed by atoms with E-state index >= 15 is 0 Å². The molecular weight excluding hydrogens is 454 g/mol. The van der Waals surface area contributed by atoms with Crippen LogP contribution in [0, 0.1) is 0 Å². The van der Waals surface area contributed by atoms with Crippen molar-refractivity contribution in [2.75, 3.05) is 6.61 Å². The Labute approximate surface area is 213 Å². The van der Waals surface area contributed by atoms with Crippen LogP contribution in [0.2, 0.25) is 0 Å². The Balaban J connectivity index is 1.50. The van der Waals surface area contributed by atoms with Crippen molar-refractivity contribution < 1.29 is 24.4 Å². The van der Waals surface area contributed by atoms with Crippen LogP contribution in [0.4, 0.5) is 0 Å². The number of benzene rings is 3. The summed E-state index contributed by atoms with van der Waals surface area (Å²) in [5, 5.41) is 24.5. The van der Waals surface area contributed by atoms with Gasteiger partial charge in [-0.25, -0.2) is 0 Å². The van der Waals surface area contributed by atoms with Gasteiger partial charge in [-0.2, -0.15) is 0 Å². The smallest absolute Gasteiger partial charge is 0.103 e. The van der Waals surface area contributed by atoms with Crippen LogP contribution in [0.15, 0.2) is 91.0 Å². The quantitative estimate of drug-likeness (QED) is 0.337. The number of hydrogen-bond donors (Lipinski definition) is 3. The molecule has 0 aromatic heterocycles. The summed E-state index contributed by atoms with van der Waals surface area (Å²) in [5.74, 6) is 0. The molecule has 3 aromatic carbocycles. The van der Waals surface area contributed by atoms with Gasteiger partial charge >= 0.3 is 0 Å². The lowest BCUT2D eigenvalue weighted by molar-refractivity contribution is -0.0967. The summed E-state index contributed by atoms with van der Waals surface area (Å²) < 4.78 is 18.9. The SMILES string of the molecule is C[C@H](O)C[C@@H](O)[C@H]1N[C@H](COCc2ccccc2)[C@@H](OCc2ccccc2)[C@H]1OCc1ccccc1. The molecular formula is C30H37NO5. The summed E-state index contributed by atoms with van der Waals surface area (Å²) in [7, 11) is 0. The van der Waals surface area contributed by atoms with E-state index in [1.165, 1.54) is 0 Å². The molecule has 1 fully saturated rings. The van der Waals surface area contributed by atoms with Gasteiger partial charge in [-0.15, -0.1) is 0 Å². The van der Waals surface area contributed by atoms with Crippen molar-refractivity contribution in [1.82, 2.24) is 5.32 Å². The Morgan fingerprint density at radius 2 is 1.17 bits per heavy atom. The minimum absolute atomic E-state index is 0.188. The summed E-state index contributed by atoms with van der Waals surface area (Å²) in [6.45, 7) is 3.39. The zero-order valence-corrected chi connectivity index (χ0v) is 20.8. The molecule has 0 spiro atoms. The highest BCUT2D eigenvalue weighted by Gasteiger charge is 2.47. The van der Waals surface area contributed by atoms with Crippen molar-refractivity contribution in [3.05, 3.63) is 108 Å².